The summed E-state index contributed by atoms with van der Waals surface area (Å²) < 4.78 is 17.3. The number of fused-ring (bicyclic) bond motifs is 1. The van der Waals surface area contributed by atoms with Gasteiger partial charge in [0.25, 0.3) is 0 Å². The summed E-state index contributed by atoms with van der Waals surface area (Å²) in [6.45, 7) is 6.74. The molecule has 1 aliphatic rings. The molecule has 2 aromatic rings. The highest BCUT2D eigenvalue weighted by atomic mass is 16.5. The minimum atomic E-state index is -0.363. The van der Waals surface area contributed by atoms with Crippen molar-refractivity contribution < 1.29 is 14.2 Å². The highest BCUT2D eigenvalue weighted by Crippen LogP contribution is 2.42. The maximum Gasteiger partial charge on any atom is 0.161 e. The van der Waals surface area contributed by atoms with Gasteiger partial charge in [-0.3, -0.25) is 0 Å². The van der Waals surface area contributed by atoms with Crippen molar-refractivity contribution in [3.8, 4) is 11.5 Å². The molecule has 0 spiro atoms. The minimum absolute atomic E-state index is 0.232. The van der Waals surface area contributed by atoms with Crippen molar-refractivity contribution in [1.29, 1.82) is 0 Å². The van der Waals surface area contributed by atoms with E-state index in [1.165, 1.54) is 0 Å². The van der Waals surface area contributed by atoms with Crippen LogP contribution in [0.2, 0.25) is 0 Å². The molecule has 0 saturated heterocycles. The Morgan fingerprint density at radius 1 is 1.13 bits per heavy atom. The fourth-order valence-corrected chi connectivity index (χ4v) is 2.94. The molecule has 0 aliphatic carbocycles. The van der Waals surface area contributed by atoms with Crippen LogP contribution in [0.3, 0.4) is 0 Å². The predicted molar refractivity (Wildman–Crippen MR) is 91.1 cm³/mol. The van der Waals surface area contributed by atoms with E-state index in [2.05, 4.69) is 31.3 Å². The molecule has 3 rings (SSSR count). The van der Waals surface area contributed by atoms with Crippen molar-refractivity contribution in [2.45, 2.75) is 32.6 Å². The highest BCUT2D eigenvalue weighted by molar-refractivity contribution is 5.57. The molecule has 1 heterocycles. The summed E-state index contributed by atoms with van der Waals surface area (Å²) in [6, 6.07) is 14.1. The molecule has 0 radical (unpaired) electrons. The number of anilines is 1. The number of para-hydroxylation sites is 1. The monoisotopic (exact) mass is 313 g/mol. The molecule has 0 fully saturated rings. The van der Waals surface area contributed by atoms with Crippen molar-refractivity contribution in [1.82, 2.24) is 0 Å². The van der Waals surface area contributed by atoms with E-state index in [-0.39, 0.29) is 11.8 Å². The third-order valence-corrected chi connectivity index (χ3v) is 4.07. The second-order valence-electron chi connectivity index (χ2n) is 6.04. The fraction of sp³-hybridized carbons (Fsp3) is 0.368. The van der Waals surface area contributed by atoms with Gasteiger partial charge in [-0.05, 0) is 39.0 Å². The molecule has 122 valence electrons. The highest BCUT2D eigenvalue weighted by Gasteiger charge is 2.34. The van der Waals surface area contributed by atoms with Crippen LogP contribution in [-0.2, 0) is 10.3 Å². The Bertz CT molecular complexity index is 697. The third kappa shape index (κ3) is 2.99. The minimum Gasteiger partial charge on any atom is -0.493 e. The van der Waals surface area contributed by atoms with Gasteiger partial charge in [-0.2, -0.15) is 0 Å². The van der Waals surface area contributed by atoms with Crippen molar-refractivity contribution in [3.05, 3.63) is 53.6 Å². The first-order chi connectivity index (χ1) is 11.0. The van der Waals surface area contributed by atoms with E-state index in [0.29, 0.717) is 12.4 Å². The van der Waals surface area contributed by atoms with Gasteiger partial charge >= 0.3 is 0 Å². The van der Waals surface area contributed by atoms with Crippen molar-refractivity contribution in [3.63, 3.8) is 0 Å². The van der Waals surface area contributed by atoms with Crippen LogP contribution in [0.15, 0.2) is 42.5 Å². The average Bonchev–Trinajstić information content (AvgIpc) is 2.55. The van der Waals surface area contributed by atoms with Gasteiger partial charge in [0.15, 0.2) is 17.7 Å². The largest absolute Gasteiger partial charge is 0.493 e. The summed E-state index contributed by atoms with van der Waals surface area (Å²) in [5, 5.41) is 3.45. The van der Waals surface area contributed by atoms with E-state index < -0.39 is 0 Å². The lowest BCUT2D eigenvalue weighted by Gasteiger charge is -2.39. The molecule has 0 unspecified atom stereocenters. The first-order valence-electron chi connectivity index (χ1n) is 7.89. The average molecular weight is 313 g/mol. The standard InChI is InChI=1S/C19H23NO3/c1-5-22-16-11-10-13(12-17(16)21-4)18-20-15-9-7-6-8-14(15)19(2,3)23-18/h6-12,18,20H,5H2,1-4H3/t18-/m1/s1. The molecule has 4 nitrogen and oxygen atoms in total. The van der Waals surface area contributed by atoms with Crippen LogP contribution < -0.4 is 14.8 Å². The summed E-state index contributed by atoms with van der Waals surface area (Å²) >= 11 is 0. The Balaban J connectivity index is 1.94. The summed E-state index contributed by atoms with van der Waals surface area (Å²) in [5.41, 5.74) is 2.90. The van der Waals surface area contributed by atoms with Gasteiger partial charge in [0.1, 0.15) is 0 Å². The van der Waals surface area contributed by atoms with Crippen LogP contribution >= 0.6 is 0 Å². The molecular weight excluding hydrogens is 290 g/mol. The molecule has 0 bridgehead atoms. The third-order valence-electron chi connectivity index (χ3n) is 4.07. The molecule has 0 aromatic heterocycles. The van der Waals surface area contributed by atoms with E-state index in [0.717, 1.165) is 22.6 Å². The van der Waals surface area contributed by atoms with E-state index in [1.807, 2.05) is 37.3 Å². The van der Waals surface area contributed by atoms with Crippen LogP contribution in [-0.4, -0.2) is 13.7 Å². The number of rotatable bonds is 4. The zero-order chi connectivity index (χ0) is 16.4. The van der Waals surface area contributed by atoms with E-state index in [1.54, 1.807) is 7.11 Å². The van der Waals surface area contributed by atoms with Gasteiger partial charge in [-0.1, -0.05) is 24.3 Å². The SMILES string of the molecule is CCOc1ccc([C@@H]2Nc3ccccc3C(C)(C)O2)cc1OC. The van der Waals surface area contributed by atoms with E-state index in [4.69, 9.17) is 14.2 Å². The summed E-state index contributed by atoms with van der Waals surface area (Å²) in [4.78, 5) is 0. The Labute approximate surface area is 137 Å². The van der Waals surface area contributed by atoms with Gasteiger partial charge in [0, 0.05) is 16.8 Å². The first kappa shape index (κ1) is 15.7. The Kier molecular flexibility index (Phi) is 4.18. The normalized spacial score (nSPS) is 18.7. The zero-order valence-corrected chi connectivity index (χ0v) is 14.1. The van der Waals surface area contributed by atoms with Crippen LogP contribution in [0.25, 0.3) is 0 Å². The van der Waals surface area contributed by atoms with Crippen molar-refractivity contribution in [2.24, 2.45) is 0 Å². The molecule has 1 atom stereocenters. The molecule has 0 saturated carbocycles. The van der Waals surface area contributed by atoms with Gasteiger partial charge in [-0.15, -0.1) is 0 Å². The fourth-order valence-electron chi connectivity index (χ4n) is 2.94. The summed E-state index contributed by atoms with van der Waals surface area (Å²) in [5.74, 6) is 1.46. The van der Waals surface area contributed by atoms with Gasteiger partial charge in [0.2, 0.25) is 0 Å². The smallest absolute Gasteiger partial charge is 0.161 e. The lowest BCUT2D eigenvalue weighted by Crippen LogP contribution is -2.34. The number of hydrogen-bond acceptors (Lipinski definition) is 4. The van der Waals surface area contributed by atoms with E-state index >= 15 is 0 Å². The maximum absolute atomic E-state index is 6.28. The number of methoxy groups -OCH3 is 1. The predicted octanol–water partition coefficient (Wildman–Crippen LogP) is 4.47. The molecule has 1 aliphatic heterocycles. The van der Waals surface area contributed by atoms with Gasteiger partial charge in [-0.25, -0.2) is 0 Å². The molecular formula is C19H23NO3. The number of nitrogens with one attached hydrogen (secondary N) is 1. The van der Waals surface area contributed by atoms with E-state index in [9.17, 15) is 0 Å². The molecule has 1 N–H and O–H groups in total. The summed E-state index contributed by atoms with van der Waals surface area (Å²) in [6.07, 6.45) is -0.232. The van der Waals surface area contributed by atoms with Gasteiger partial charge in [0.05, 0.1) is 19.3 Å². The quantitative estimate of drug-likeness (QED) is 0.904. The molecule has 0 amide bonds. The van der Waals surface area contributed by atoms with Crippen molar-refractivity contribution >= 4 is 5.69 Å². The topological polar surface area (TPSA) is 39.7 Å². The maximum atomic E-state index is 6.28. The lowest BCUT2D eigenvalue weighted by molar-refractivity contribution is -0.0734. The Morgan fingerprint density at radius 2 is 1.91 bits per heavy atom. The van der Waals surface area contributed by atoms with Crippen LogP contribution in [0, 0.1) is 0 Å². The van der Waals surface area contributed by atoms with Crippen LogP contribution in [0.5, 0.6) is 11.5 Å². The second kappa shape index (κ2) is 6.13. The molecule has 2 aromatic carbocycles. The van der Waals surface area contributed by atoms with Crippen LogP contribution in [0.1, 0.15) is 38.1 Å². The number of ether oxygens (including phenoxy) is 3. The number of hydrogen-bond donors (Lipinski definition) is 1. The molecule has 23 heavy (non-hydrogen) atoms. The second-order valence-corrected chi connectivity index (χ2v) is 6.04. The number of benzene rings is 2. The first-order valence-corrected chi connectivity index (χ1v) is 7.89. The zero-order valence-electron chi connectivity index (χ0n) is 14.1. The summed E-state index contributed by atoms with van der Waals surface area (Å²) in [7, 11) is 1.65. The lowest BCUT2D eigenvalue weighted by atomic mass is 9.93. The van der Waals surface area contributed by atoms with Crippen LogP contribution in [0.4, 0.5) is 5.69 Å². The Morgan fingerprint density at radius 3 is 2.65 bits per heavy atom. The molecule has 4 heteroatoms. The Hall–Kier alpha value is -2.20. The van der Waals surface area contributed by atoms with Crippen molar-refractivity contribution in [2.75, 3.05) is 19.0 Å². The van der Waals surface area contributed by atoms with Gasteiger partial charge < -0.3 is 19.5 Å².